The van der Waals surface area contributed by atoms with Crippen LogP contribution < -0.4 is 0 Å². The highest BCUT2D eigenvalue weighted by atomic mass is 79.9. The van der Waals surface area contributed by atoms with Crippen molar-refractivity contribution < 1.29 is 27.2 Å². The Hall–Kier alpha value is -1.54. The SMILES string of the molecule is O=C(CBr)c1ccc2c(c1)C(F)(F)C(F)(F)c1cc(C(=O)CBr)ccc1-2. The summed E-state index contributed by atoms with van der Waals surface area (Å²) in [5, 5.41) is -0.218. The van der Waals surface area contributed by atoms with Gasteiger partial charge < -0.3 is 0 Å². The molecule has 1 aliphatic rings. The average molecular weight is 494 g/mol. The molecule has 0 spiro atoms. The zero-order valence-corrected chi connectivity index (χ0v) is 16.1. The van der Waals surface area contributed by atoms with Crippen LogP contribution >= 0.6 is 31.9 Å². The fraction of sp³-hybridized carbons (Fsp3) is 0.222. The number of Topliss-reactive ketones (excluding diaryl/α,β-unsaturated/α-hetero) is 2. The molecule has 8 heteroatoms. The van der Waals surface area contributed by atoms with Crippen LogP contribution in [-0.2, 0) is 11.8 Å². The van der Waals surface area contributed by atoms with E-state index in [1.807, 2.05) is 0 Å². The highest BCUT2D eigenvalue weighted by Gasteiger charge is 2.62. The van der Waals surface area contributed by atoms with E-state index in [0.717, 1.165) is 12.1 Å². The molecule has 0 heterocycles. The summed E-state index contributed by atoms with van der Waals surface area (Å²) in [5.74, 6) is -10.0. The summed E-state index contributed by atoms with van der Waals surface area (Å²) in [4.78, 5) is 23.5. The first-order valence-electron chi connectivity index (χ1n) is 7.38. The summed E-state index contributed by atoms with van der Waals surface area (Å²) in [6, 6.07) is 6.74. The van der Waals surface area contributed by atoms with Gasteiger partial charge >= 0.3 is 11.8 Å². The number of rotatable bonds is 4. The summed E-state index contributed by atoms with van der Waals surface area (Å²) in [5.41, 5.74) is -2.13. The van der Waals surface area contributed by atoms with Gasteiger partial charge in [-0.15, -0.1) is 0 Å². The van der Waals surface area contributed by atoms with Gasteiger partial charge in [0.25, 0.3) is 0 Å². The van der Waals surface area contributed by atoms with Crippen LogP contribution in [0.3, 0.4) is 0 Å². The normalized spacial score (nSPS) is 16.5. The molecule has 0 radical (unpaired) electrons. The maximum absolute atomic E-state index is 14.6. The number of ketones is 2. The molecule has 2 aromatic rings. The van der Waals surface area contributed by atoms with E-state index in [1.54, 1.807) is 0 Å². The van der Waals surface area contributed by atoms with Gasteiger partial charge in [-0.05, 0) is 23.3 Å². The number of hydrogen-bond acceptors (Lipinski definition) is 2. The lowest BCUT2D eigenvalue weighted by Crippen LogP contribution is -2.39. The average Bonchev–Trinajstić information content (AvgIpc) is 2.64. The van der Waals surface area contributed by atoms with E-state index in [0.29, 0.717) is 0 Å². The second-order valence-electron chi connectivity index (χ2n) is 5.78. The van der Waals surface area contributed by atoms with Gasteiger partial charge in [0.05, 0.1) is 10.7 Å². The van der Waals surface area contributed by atoms with Gasteiger partial charge in [0.2, 0.25) is 0 Å². The molecule has 136 valence electrons. The van der Waals surface area contributed by atoms with Gasteiger partial charge in [-0.3, -0.25) is 9.59 Å². The molecule has 0 saturated heterocycles. The molecule has 0 amide bonds. The Morgan fingerprint density at radius 1 is 0.731 bits per heavy atom. The zero-order valence-electron chi connectivity index (χ0n) is 13.0. The fourth-order valence-corrected chi connectivity index (χ4v) is 3.56. The van der Waals surface area contributed by atoms with Gasteiger partial charge in [-0.2, -0.15) is 17.6 Å². The van der Waals surface area contributed by atoms with Crippen molar-refractivity contribution in [3.8, 4) is 11.1 Å². The van der Waals surface area contributed by atoms with Gasteiger partial charge in [0.15, 0.2) is 11.6 Å². The maximum Gasteiger partial charge on any atom is 0.340 e. The minimum atomic E-state index is -4.52. The minimum absolute atomic E-state index is 0.0781. The van der Waals surface area contributed by atoms with Crippen LogP contribution in [0.15, 0.2) is 36.4 Å². The predicted octanol–water partition coefficient (Wildman–Crippen LogP) is 5.71. The van der Waals surface area contributed by atoms with E-state index >= 15 is 0 Å². The van der Waals surface area contributed by atoms with Crippen LogP contribution in [-0.4, -0.2) is 22.2 Å². The van der Waals surface area contributed by atoms with Crippen molar-refractivity contribution in [3.63, 3.8) is 0 Å². The first kappa shape index (κ1) is 19.2. The van der Waals surface area contributed by atoms with Gasteiger partial charge in [0, 0.05) is 22.3 Å². The third-order valence-electron chi connectivity index (χ3n) is 4.29. The molecule has 0 atom stereocenters. The number of benzene rings is 2. The number of carbonyl (C=O) groups is 2. The van der Waals surface area contributed by atoms with E-state index in [1.165, 1.54) is 24.3 Å². The van der Waals surface area contributed by atoms with Crippen LogP contribution in [0, 0.1) is 0 Å². The summed E-state index contributed by atoms with van der Waals surface area (Å²) in [6.45, 7) is 0. The molecular formula is C18H10Br2F4O2. The van der Waals surface area contributed by atoms with Crippen molar-refractivity contribution in [2.75, 3.05) is 10.7 Å². The van der Waals surface area contributed by atoms with E-state index < -0.39 is 34.5 Å². The Labute approximate surface area is 162 Å². The minimum Gasteiger partial charge on any atom is -0.293 e. The Balaban J connectivity index is 2.30. The quantitative estimate of drug-likeness (QED) is 0.311. The molecule has 0 aromatic heterocycles. The first-order chi connectivity index (χ1) is 12.1. The summed E-state index contributed by atoms with van der Waals surface area (Å²) < 4.78 is 58.6. The van der Waals surface area contributed by atoms with Crippen molar-refractivity contribution in [2.45, 2.75) is 11.8 Å². The molecule has 26 heavy (non-hydrogen) atoms. The Bertz CT molecular complexity index is 850. The highest BCUT2D eigenvalue weighted by molar-refractivity contribution is 9.09. The largest absolute Gasteiger partial charge is 0.340 e. The van der Waals surface area contributed by atoms with Crippen LogP contribution in [0.25, 0.3) is 11.1 Å². The lowest BCUT2D eigenvalue weighted by atomic mass is 9.79. The standard InChI is InChI=1S/C18H10Br2F4O2/c19-7-15(25)9-1-3-11-12-4-2-10(16(26)8-20)6-14(12)18(23,24)17(21,22)13(11)5-9/h1-6H,7-8H2. The lowest BCUT2D eigenvalue weighted by Gasteiger charge is -2.35. The molecule has 2 nitrogen and oxygen atoms in total. The molecule has 0 bridgehead atoms. The molecule has 1 aliphatic carbocycles. The van der Waals surface area contributed by atoms with Crippen molar-refractivity contribution >= 4 is 43.4 Å². The van der Waals surface area contributed by atoms with Gasteiger partial charge in [-0.1, -0.05) is 56.1 Å². The van der Waals surface area contributed by atoms with Crippen LogP contribution in [0.4, 0.5) is 17.6 Å². The summed E-state index contributed by atoms with van der Waals surface area (Å²) in [6.07, 6.45) is 0. The summed E-state index contributed by atoms with van der Waals surface area (Å²) >= 11 is 5.86. The van der Waals surface area contributed by atoms with E-state index in [4.69, 9.17) is 0 Å². The topological polar surface area (TPSA) is 34.1 Å². The molecule has 0 saturated carbocycles. The van der Waals surface area contributed by atoms with Crippen molar-refractivity contribution in [2.24, 2.45) is 0 Å². The van der Waals surface area contributed by atoms with E-state index in [-0.39, 0.29) is 32.9 Å². The second-order valence-corrected chi connectivity index (χ2v) is 6.90. The number of fused-ring (bicyclic) bond motifs is 3. The molecule has 2 aromatic carbocycles. The maximum atomic E-state index is 14.6. The van der Waals surface area contributed by atoms with Crippen molar-refractivity contribution in [1.82, 2.24) is 0 Å². The molecule has 0 aliphatic heterocycles. The Kier molecular flexibility index (Phi) is 4.85. The predicted molar refractivity (Wildman–Crippen MR) is 95.9 cm³/mol. The number of hydrogen-bond donors (Lipinski definition) is 0. The van der Waals surface area contributed by atoms with Crippen LogP contribution in [0.5, 0.6) is 0 Å². The van der Waals surface area contributed by atoms with E-state index in [2.05, 4.69) is 31.9 Å². The third-order valence-corrected chi connectivity index (χ3v) is 5.31. The Morgan fingerprint density at radius 2 is 1.08 bits per heavy atom. The number of carbonyl (C=O) groups excluding carboxylic acids is 2. The molecule has 0 fully saturated rings. The molecule has 0 N–H and O–H groups in total. The number of alkyl halides is 6. The highest BCUT2D eigenvalue weighted by Crippen LogP contribution is 2.58. The lowest BCUT2D eigenvalue weighted by molar-refractivity contribution is -0.225. The second kappa shape index (κ2) is 6.56. The van der Waals surface area contributed by atoms with Gasteiger partial charge in [-0.25, -0.2) is 0 Å². The molecule has 0 unspecified atom stereocenters. The van der Waals surface area contributed by atoms with Crippen molar-refractivity contribution in [1.29, 1.82) is 0 Å². The van der Waals surface area contributed by atoms with Crippen LogP contribution in [0.1, 0.15) is 31.8 Å². The third kappa shape index (κ3) is 2.74. The van der Waals surface area contributed by atoms with Gasteiger partial charge in [0.1, 0.15) is 0 Å². The summed E-state index contributed by atoms with van der Waals surface area (Å²) in [7, 11) is 0. The monoisotopic (exact) mass is 492 g/mol. The van der Waals surface area contributed by atoms with Crippen molar-refractivity contribution in [3.05, 3.63) is 58.7 Å². The first-order valence-corrected chi connectivity index (χ1v) is 9.62. The Morgan fingerprint density at radius 3 is 1.38 bits per heavy atom. The zero-order chi connectivity index (χ0) is 19.3. The fourth-order valence-electron chi connectivity index (χ4n) is 2.92. The molecule has 3 rings (SSSR count). The molecular weight excluding hydrogens is 484 g/mol. The number of halogens is 6. The van der Waals surface area contributed by atoms with Crippen LogP contribution in [0.2, 0.25) is 0 Å². The smallest absolute Gasteiger partial charge is 0.293 e. The van der Waals surface area contributed by atoms with E-state index in [9.17, 15) is 27.2 Å².